The fourth-order valence-corrected chi connectivity index (χ4v) is 4.09. The van der Waals surface area contributed by atoms with Crippen LogP contribution < -0.4 is 0 Å². The van der Waals surface area contributed by atoms with Gasteiger partial charge in [0.15, 0.2) is 0 Å². The Morgan fingerprint density at radius 2 is 1.71 bits per heavy atom. The highest BCUT2D eigenvalue weighted by Gasteiger charge is 2.16. The molecule has 0 fully saturated rings. The van der Waals surface area contributed by atoms with Crippen molar-refractivity contribution in [2.75, 3.05) is 0 Å². The van der Waals surface area contributed by atoms with E-state index in [1.54, 1.807) is 12.3 Å². The van der Waals surface area contributed by atoms with Gasteiger partial charge in [-0.25, -0.2) is 0 Å². The third-order valence-corrected chi connectivity index (χ3v) is 5.41. The predicted octanol–water partition coefficient (Wildman–Crippen LogP) is 6.55. The third kappa shape index (κ3) is 2.72. The number of aromatic nitrogens is 1. The largest absolute Gasteiger partial charge is 0.506 e. The van der Waals surface area contributed by atoms with E-state index in [-0.39, 0.29) is 5.75 Å². The van der Waals surface area contributed by atoms with Crippen LogP contribution in [0, 0.1) is 0 Å². The summed E-state index contributed by atoms with van der Waals surface area (Å²) in [6.07, 6.45) is 1.74. The van der Waals surface area contributed by atoms with Crippen LogP contribution in [0.5, 0.6) is 5.75 Å². The number of rotatable bonds is 1. The maximum absolute atomic E-state index is 10.0. The molecule has 0 aliphatic rings. The van der Waals surface area contributed by atoms with Crippen LogP contribution in [-0.2, 0) is 0 Å². The molecule has 0 radical (unpaired) electrons. The molecule has 0 aliphatic carbocycles. The second-order valence-electron chi connectivity index (χ2n) is 4.41. The van der Waals surface area contributed by atoms with Crippen LogP contribution in [0.2, 0.25) is 5.02 Å². The molecule has 1 aromatic heterocycles. The number of nitrogens with zero attached hydrogens (tertiary/aromatic N) is 1. The molecule has 0 amide bonds. The van der Waals surface area contributed by atoms with Gasteiger partial charge in [0, 0.05) is 21.6 Å². The van der Waals surface area contributed by atoms with Crippen molar-refractivity contribution in [1.82, 2.24) is 4.98 Å². The molecule has 0 aliphatic heterocycles. The monoisotopic (exact) mass is 489 g/mol. The Morgan fingerprint density at radius 1 is 1.05 bits per heavy atom. The van der Waals surface area contributed by atoms with Crippen molar-refractivity contribution in [2.45, 2.75) is 0 Å². The van der Waals surface area contributed by atoms with Gasteiger partial charge in [0.25, 0.3) is 0 Å². The number of phenolic OH excluding ortho intramolecular Hbond substituents is 1. The molecule has 3 aromatic rings. The van der Waals surface area contributed by atoms with E-state index in [2.05, 4.69) is 52.8 Å². The van der Waals surface area contributed by atoms with Gasteiger partial charge in [0.05, 0.1) is 19.5 Å². The molecule has 1 N–H and O–H groups in total. The average molecular weight is 492 g/mol. The SMILES string of the molecule is Oc1c(Br)cc2ncc(-c3ccc(Br)cc3)c(Cl)c2c1Br. The Labute approximate surface area is 151 Å². The standard InChI is InChI=1S/C15H7Br3ClNO/c16-8-3-1-7(2-4-8)9-6-20-11-5-10(17)15(21)13(18)12(11)14(9)19/h1-6,21H. The molecular formula is C15H7Br3ClNO. The number of aromatic hydroxyl groups is 1. The maximum Gasteiger partial charge on any atom is 0.144 e. The summed E-state index contributed by atoms with van der Waals surface area (Å²) in [5.74, 6) is 0.110. The Balaban J connectivity index is 2.32. The predicted molar refractivity (Wildman–Crippen MR) is 97.0 cm³/mol. The molecule has 2 aromatic carbocycles. The van der Waals surface area contributed by atoms with Crippen molar-refractivity contribution in [2.24, 2.45) is 0 Å². The van der Waals surface area contributed by atoms with E-state index < -0.39 is 0 Å². The van der Waals surface area contributed by atoms with Crippen LogP contribution >= 0.6 is 59.4 Å². The number of hydrogen-bond acceptors (Lipinski definition) is 2. The van der Waals surface area contributed by atoms with Gasteiger partial charge in [-0.2, -0.15) is 0 Å². The highest BCUT2D eigenvalue weighted by molar-refractivity contribution is 9.11. The first-order chi connectivity index (χ1) is 9.99. The van der Waals surface area contributed by atoms with Crippen LogP contribution in [0.4, 0.5) is 0 Å². The summed E-state index contributed by atoms with van der Waals surface area (Å²) in [5.41, 5.74) is 2.49. The maximum atomic E-state index is 10.0. The second-order valence-corrected chi connectivity index (χ2v) is 7.35. The highest BCUT2D eigenvalue weighted by atomic mass is 79.9. The second kappa shape index (κ2) is 5.88. The molecule has 0 saturated carbocycles. The van der Waals surface area contributed by atoms with Crippen molar-refractivity contribution in [3.8, 4) is 16.9 Å². The fourth-order valence-electron chi connectivity index (χ4n) is 2.06. The summed E-state index contributed by atoms with van der Waals surface area (Å²) >= 11 is 16.6. The highest BCUT2D eigenvalue weighted by Crippen LogP contribution is 2.43. The molecule has 21 heavy (non-hydrogen) atoms. The van der Waals surface area contributed by atoms with E-state index in [9.17, 15) is 5.11 Å². The average Bonchev–Trinajstić information content (AvgIpc) is 2.46. The molecule has 6 heteroatoms. The molecule has 0 unspecified atom stereocenters. The topological polar surface area (TPSA) is 33.1 Å². The lowest BCUT2D eigenvalue weighted by Crippen LogP contribution is -1.88. The van der Waals surface area contributed by atoms with Crippen molar-refractivity contribution in [1.29, 1.82) is 0 Å². The number of pyridine rings is 1. The first-order valence-corrected chi connectivity index (χ1v) is 8.66. The van der Waals surface area contributed by atoms with E-state index >= 15 is 0 Å². The minimum atomic E-state index is 0.110. The molecule has 0 atom stereocenters. The van der Waals surface area contributed by atoms with Gasteiger partial charge in [-0.05, 0) is 55.6 Å². The summed E-state index contributed by atoms with van der Waals surface area (Å²) < 4.78 is 2.10. The van der Waals surface area contributed by atoms with E-state index in [0.717, 1.165) is 15.6 Å². The zero-order chi connectivity index (χ0) is 15.1. The molecule has 106 valence electrons. The van der Waals surface area contributed by atoms with E-state index in [0.29, 0.717) is 24.9 Å². The quantitative estimate of drug-likeness (QED) is 0.418. The molecule has 3 rings (SSSR count). The lowest BCUT2D eigenvalue weighted by molar-refractivity contribution is 0.469. The smallest absolute Gasteiger partial charge is 0.144 e. The Kier molecular flexibility index (Phi) is 4.28. The van der Waals surface area contributed by atoms with Crippen molar-refractivity contribution < 1.29 is 5.11 Å². The van der Waals surface area contributed by atoms with E-state index in [1.807, 2.05) is 24.3 Å². The van der Waals surface area contributed by atoms with Crippen molar-refractivity contribution >= 4 is 70.3 Å². The van der Waals surface area contributed by atoms with Gasteiger partial charge >= 0.3 is 0 Å². The summed E-state index contributed by atoms with van der Waals surface area (Å²) in [4.78, 5) is 4.44. The summed E-state index contributed by atoms with van der Waals surface area (Å²) in [5, 5.41) is 11.3. The number of halogens is 4. The molecular weight excluding hydrogens is 485 g/mol. The first-order valence-electron chi connectivity index (χ1n) is 5.90. The van der Waals surface area contributed by atoms with Gasteiger partial charge in [-0.1, -0.05) is 39.7 Å². The fraction of sp³-hybridized carbons (Fsp3) is 0. The Hall–Kier alpha value is -0.620. The minimum absolute atomic E-state index is 0.110. The molecule has 0 spiro atoms. The van der Waals surface area contributed by atoms with Crippen LogP contribution in [0.3, 0.4) is 0 Å². The molecule has 1 heterocycles. The summed E-state index contributed by atoms with van der Waals surface area (Å²) in [6, 6.07) is 9.57. The van der Waals surface area contributed by atoms with Crippen LogP contribution in [-0.4, -0.2) is 10.1 Å². The Morgan fingerprint density at radius 3 is 2.38 bits per heavy atom. The van der Waals surface area contributed by atoms with Crippen LogP contribution in [0.15, 0.2) is 49.9 Å². The zero-order valence-corrected chi connectivity index (χ0v) is 15.9. The van der Waals surface area contributed by atoms with E-state index in [1.165, 1.54) is 0 Å². The van der Waals surface area contributed by atoms with Crippen LogP contribution in [0.25, 0.3) is 22.0 Å². The lowest BCUT2D eigenvalue weighted by atomic mass is 10.1. The molecule has 0 bridgehead atoms. The normalized spacial score (nSPS) is 11.0. The van der Waals surface area contributed by atoms with Gasteiger partial charge in [0.2, 0.25) is 0 Å². The minimum Gasteiger partial charge on any atom is -0.506 e. The van der Waals surface area contributed by atoms with E-state index in [4.69, 9.17) is 11.6 Å². The number of fused-ring (bicyclic) bond motifs is 1. The van der Waals surface area contributed by atoms with Crippen molar-refractivity contribution in [3.63, 3.8) is 0 Å². The molecule has 0 saturated heterocycles. The van der Waals surface area contributed by atoms with Crippen molar-refractivity contribution in [3.05, 3.63) is 55.0 Å². The van der Waals surface area contributed by atoms with Gasteiger partial charge < -0.3 is 5.11 Å². The first kappa shape index (κ1) is 15.3. The number of phenols is 1. The number of benzene rings is 2. The summed E-state index contributed by atoms with van der Waals surface area (Å²) in [6.45, 7) is 0. The summed E-state index contributed by atoms with van der Waals surface area (Å²) in [7, 11) is 0. The Bertz CT molecular complexity index is 850. The van der Waals surface area contributed by atoms with Gasteiger partial charge in [0.1, 0.15) is 5.75 Å². The van der Waals surface area contributed by atoms with Crippen LogP contribution in [0.1, 0.15) is 0 Å². The third-order valence-electron chi connectivity index (χ3n) is 3.12. The number of hydrogen-bond donors (Lipinski definition) is 1. The molecule has 2 nitrogen and oxygen atoms in total. The lowest BCUT2D eigenvalue weighted by Gasteiger charge is -2.11. The van der Waals surface area contributed by atoms with Gasteiger partial charge in [-0.15, -0.1) is 0 Å². The van der Waals surface area contributed by atoms with Gasteiger partial charge in [-0.3, -0.25) is 4.98 Å². The zero-order valence-electron chi connectivity index (χ0n) is 10.4.